The van der Waals surface area contributed by atoms with Gasteiger partial charge in [-0.3, -0.25) is 0 Å². The van der Waals surface area contributed by atoms with Crippen LogP contribution in [0.1, 0.15) is 39.5 Å². The van der Waals surface area contributed by atoms with Gasteiger partial charge in [0.15, 0.2) is 0 Å². The SMILES string of the molecule is CCCC(=O)[O-].CCCC(=O)[O-].[Pb+2]. The zero-order chi connectivity index (χ0) is 9.98. The first-order valence-corrected chi connectivity index (χ1v) is 3.94. The third-order valence-electron chi connectivity index (χ3n) is 0.908. The van der Waals surface area contributed by atoms with Gasteiger partial charge in [-0.25, -0.2) is 0 Å². The molecule has 0 aliphatic heterocycles. The average Bonchev–Trinajstić information content (AvgIpc) is 1.87. The van der Waals surface area contributed by atoms with E-state index in [1.165, 1.54) is 0 Å². The van der Waals surface area contributed by atoms with Gasteiger partial charge in [-0.15, -0.1) is 0 Å². The summed E-state index contributed by atoms with van der Waals surface area (Å²) in [5.41, 5.74) is 0. The Labute approximate surface area is 98.5 Å². The van der Waals surface area contributed by atoms with Crippen molar-refractivity contribution in [2.24, 2.45) is 0 Å². The van der Waals surface area contributed by atoms with Crippen LogP contribution in [0, 0.1) is 0 Å². The molecule has 0 rings (SSSR count). The van der Waals surface area contributed by atoms with E-state index in [-0.39, 0.29) is 40.1 Å². The van der Waals surface area contributed by atoms with Gasteiger partial charge in [-0.2, -0.15) is 0 Å². The summed E-state index contributed by atoms with van der Waals surface area (Å²) in [6, 6.07) is 0. The zero-order valence-electron chi connectivity index (χ0n) is 7.96. The fraction of sp³-hybridized carbons (Fsp3) is 0.750. The van der Waals surface area contributed by atoms with Crippen molar-refractivity contribution in [2.75, 3.05) is 0 Å². The molecule has 0 amide bonds. The van der Waals surface area contributed by atoms with E-state index in [0.717, 1.165) is 0 Å². The fourth-order valence-corrected chi connectivity index (χ4v) is 0.408. The van der Waals surface area contributed by atoms with E-state index in [1.807, 2.05) is 0 Å². The van der Waals surface area contributed by atoms with Crippen molar-refractivity contribution in [2.45, 2.75) is 39.5 Å². The Balaban J connectivity index is -0.000000143. The minimum atomic E-state index is -0.961. The second-order valence-corrected chi connectivity index (χ2v) is 2.24. The van der Waals surface area contributed by atoms with Gasteiger partial charge in [0.1, 0.15) is 0 Å². The molecule has 0 saturated heterocycles. The van der Waals surface area contributed by atoms with Crippen LogP contribution in [0.25, 0.3) is 0 Å². The normalized spacial score (nSPS) is 7.54. The summed E-state index contributed by atoms with van der Waals surface area (Å²) in [7, 11) is 0. The number of carboxylic acids is 2. The van der Waals surface area contributed by atoms with Gasteiger partial charge >= 0.3 is 27.3 Å². The van der Waals surface area contributed by atoms with E-state index in [9.17, 15) is 19.8 Å². The van der Waals surface area contributed by atoms with Crippen LogP contribution in [-0.2, 0) is 9.59 Å². The molecule has 0 aromatic heterocycles. The molecule has 13 heavy (non-hydrogen) atoms. The molecule has 0 aromatic rings. The van der Waals surface area contributed by atoms with Gasteiger partial charge in [0.25, 0.3) is 0 Å². The Bertz CT molecular complexity index is 120. The fourth-order valence-electron chi connectivity index (χ4n) is 0.408. The van der Waals surface area contributed by atoms with Crippen LogP contribution in [-0.4, -0.2) is 39.2 Å². The van der Waals surface area contributed by atoms with Crippen LogP contribution >= 0.6 is 0 Å². The van der Waals surface area contributed by atoms with E-state index in [1.54, 1.807) is 13.8 Å². The molecule has 0 spiro atoms. The number of hydrogen-bond acceptors (Lipinski definition) is 4. The molecule has 0 heterocycles. The van der Waals surface area contributed by atoms with Crippen molar-refractivity contribution in [3.8, 4) is 0 Å². The Morgan fingerprint density at radius 2 is 1.15 bits per heavy atom. The van der Waals surface area contributed by atoms with E-state index in [0.29, 0.717) is 12.8 Å². The standard InChI is InChI=1S/2C4H8O2.Pb/c2*1-2-3-4(5)6;/h2*2-3H2,1H3,(H,5,6);/q;;+2/p-2. The summed E-state index contributed by atoms with van der Waals surface area (Å²) in [6.07, 6.45) is 1.70. The Hall–Kier alpha value is -0.138. The minimum Gasteiger partial charge on any atom is -0.550 e. The second kappa shape index (κ2) is 14.4. The molecule has 0 bridgehead atoms. The Kier molecular flexibility index (Phi) is 20.6. The van der Waals surface area contributed by atoms with Crippen LogP contribution in [0.15, 0.2) is 0 Å². The molecule has 2 radical (unpaired) electrons. The van der Waals surface area contributed by atoms with Crippen molar-refractivity contribution < 1.29 is 19.8 Å². The summed E-state index contributed by atoms with van der Waals surface area (Å²) >= 11 is 0. The maximum atomic E-state index is 9.49. The van der Waals surface area contributed by atoms with E-state index in [4.69, 9.17) is 0 Å². The molecule has 0 aliphatic rings. The molecule has 0 N–H and O–H groups in total. The molecular weight excluding hydrogens is 367 g/mol. The van der Waals surface area contributed by atoms with Crippen LogP contribution < -0.4 is 10.2 Å². The van der Waals surface area contributed by atoms with Gasteiger partial charge in [0, 0.05) is 11.9 Å². The summed E-state index contributed by atoms with van der Waals surface area (Å²) in [4.78, 5) is 19.0. The maximum Gasteiger partial charge on any atom is 2.00 e. The van der Waals surface area contributed by atoms with Crippen LogP contribution in [0.3, 0.4) is 0 Å². The number of hydrogen-bond donors (Lipinski definition) is 0. The molecule has 0 atom stereocenters. The molecular formula is C8H14O4Pb. The van der Waals surface area contributed by atoms with Crippen LogP contribution in [0.5, 0.6) is 0 Å². The Morgan fingerprint density at radius 1 is 0.923 bits per heavy atom. The molecule has 4 nitrogen and oxygen atoms in total. The van der Waals surface area contributed by atoms with Crippen molar-refractivity contribution >= 4 is 39.2 Å². The number of carboxylic acid groups (broad SMARTS) is 2. The number of carbonyl (C=O) groups is 2. The number of aliphatic carboxylic acids is 2. The third kappa shape index (κ3) is 33.6. The number of rotatable bonds is 4. The van der Waals surface area contributed by atoms with Crippen molar-refractivity contribution in [3.63, 3.8) is 0 Å². The van der Waals surface area contributed by atoms with E-state index in [2.05, 4.69) is 0 Å². The van der Waals surface area contributed by atoms with Crippen molar-refractivity contribution in [3.05, 3.63) is 0 Å². The van der Waals surface area contributed by atoms with Crippen molar-refractivity contribution in [1.29, 1.82) is 0 Å². The van der Waals surface area contributed by atoms with E-state index < -0.39 is 11.9 Å². The van der Waals surface area contributed by atoms with Gasteiger partial charge in [-0.1, -0.05) is 26.7 Å². The predicted molar refractivity (Wildman–Crippen MR) is 45.6 cm³/mol. The average molecular weight is 381 g/mol. The third-order valence-corrected chi connectivity index (χ3v) is 0.908. The van der Waals surface area contributed by atoms with Gasteiger partial charge in [-0.05, 0) is 12.8 Å². The summed E-state index contributed by atoms with van der Waals surface area (Å²) < 4.78 is 0. The van der Waals surface area contributed by atoms with E-state index >= 15 is 0 Å². The molecule has 0 fully saturated rings. The second-order valence-electron chi connectivity index (χ2n) is 2.24. The first kappa shape index (κ1) is 18.6. The van der Waals surface area contributed by atoms with Crippen LogP contribution in [0.2, 0.25) is 0 Å². The molecule has 0 aromatic carbocycles. The molecule has 74 valence electrons. The maximum absolute atomic E-state index is 9.49. The number of carbonyl (C=O) groups excluding carboxylic acids is 2. The smallest absolute Gasteiger partial charge is 0.550 e. The molecule has 0 aliphatic carbocycles. The summed E-state index contributed by atoms with van der Waals surface area (Å²) in [6.45, 7) is 3.60. The van der Waals surface area contributed by atoms with Crippen LogP contribution in [0.4, 0.5) is 0 Å². The summed E-state index contributed by atoms with van der Waals surface area (Å²) in [5.74, 6) is -1.92. The van der Waals surface area contributed by atoms with Crippen molar-refractivity contribution in [1.82, 2.24) is 0 Å². The largest absolute Gasteiger partial charge is 2.00 e. The minimum absolute atomic E-state index is 0. The Morgan fingerprint density at radius 3 is 1.15 bits per heavy atom. The predicted octanol–water partition coefficient (Wildman–Crippen LogP) is -1.31. The topological polar surface area (TPSA) is 80.3 Å². The molecule has 5 heteroatoms. The van der Waals surface area contributed by atoms with Gasteiger partial charge < -0.3 is 19.8 Å². The first-order valence-electron chi connectivity index (χ1n) is 3.94. The van der Waals surface area contributed by atoms with Gasteiger partial charge in [0.2, 0.25) is 0 Å². The zero-order valence-corrected chi connectivity index (χ0v) is 11.8. The first-order chi connectivity index (χ1) is 5.54. The summed E-state index contributed by atoms with van der Waals surface area (Å²) in [5, 5.41) is 19.0. The van der Waals surface area contributed by atoms with Gasteiger partial charge in [0.05, 0.1) is 0 Å². The molecule has 0 unspecified atom stereocenters. The quantitative estimate of drug-likeness (QED) is 0.567. The monoisotopic (exact) mass is 382 g/mol. The molecule has 0 saturated carbocycles.